The summed E-state index contributed by atoms with van der Waals surface area (Å²) in [5, 5.41) is 0. The molecule has 0 bridgehead atoms. The van der Waals surface area contributed by atoms with Gasteiger partial charge in [0.2, 0.25) is 0 Å². The van der Waals surface area contributed by atoms with E-state index in [-0.39, 0.29) is 0 Å². The Balaban J connectivity index is 3.33. The molecule has 0 aromatic heterocycles. The molecule has 0 unspecified atom stereocenters. The fourth-order valence-electron chi connectivity index (χ4n) is 3.34. The summed E-state index contributed by atoms with van der Waals surface area (Å²) < 4.78 is 29.1. The monoisotopic (exact) mass is 419 g/mol. The van der Waals surface area contributed by atoms with E-state index in [1.54, 1.807) is 0 Å². The van der Waals surface area contributed by atoms with Gasteiger partial charge >= 0.3 is 0 Å². The highest BCUT2D eigenvalue weighted by atomic mass is 32.2. The fraction of sp³-hybridized carbons (Fsp3) is 1.00. The third-order valence-electron chi connectivity index (χ3n) is 5.15. The fourth-order valence-corrected chi connectivity index (χ4v) is 4.26. The first-order valence-corrected chi connectivity index (χ1v) is 13.3. The van der Waals surface area contributed by atoms with E-state index < -0.39 is 10.2 Å². The highest BCUT2D eigenvalue weighted by molar-refractivity contribution is 7.87. The van der Waals surface area contributed by atoms with Gasteiger partial charge in [-0.05, 0) is 39.9 Å². The van der Waals surface area contributed by atoms with Crippen LogP contribution in [0, 0.1) is 0 Å². The minimum atomic E-state index is -3.31. The van der Waals surface area contributed by atoms with Crippen molar-refractivity contribution < 1.29 is 8.42 Å². The molecule has 0 aliphatic heterocycles. The van der Waals surface area contributed by atoms with E-state index >= 15 is 0 Å². The van der Waals surface area contributed by atoms with Crippen LogP contribution in [-0.2, 0) is 10.2 Å². The molecule has 0 saturated heterocycles. The van der Waals surface area contributed by atoms with Crippen LogP contribution in [-0.4, -0.2) is 47.0 Å². The van der Waals surface area contributed by atoms with E-state index in [0.717, 1.165) is 38.6 Å². The molecular formula is C22H49N3O2S. The van der Waals surface area contributed by atoms with Crippen molar-refractivity contribution in [2.24, 2.45) is 0 Å². The average Bonchev–Trinajstić information content (AvgIpc) is 2.64. The summed E-state index contributed by atoms with van der Waals surface area (Å²) in [7, 11) is 0.849. The van der Waals surface area contributed by atoms with Crippen molar-refractivity contribution in [1.29, 1.82) is 0 Å². The van der Waals surface area contributed by atoms with E-state index in [1.165, 1.54) is 70.6 Å². The van der Waals surface area contributed by atoms with E-state index in [9.17, 15) is 8.42 Å². The van der Waals surface area contributed by atoms with Crippen LogP contribution in [0.25, 0.3) is 0 Å². The summed E-state index contributed by atoms with van der Waals surface area (Å²) in [4.78, 5) is 2.18. The minimum Gasteiger partial charge on any atom is -0.309 e. The van der Waals surface area contributed by atoms with Gasteiger partial charge in [0.25, 0.3) is 10.2 Å². The van der Waals surface area contributed by atoms with Gasteiger partial charge in [-0.1, -0.05) is 90.4 Å². The van der Waals surface area contributed by atoms with Gasteiger partial charge in [-0.3, -0.25) is 0 Å². The molecule has 0 aromatic carbocycles. The predicted molar refractivity (Wildman–Crippen MR) is 123 cm³/mol. The molecule has 0 spiro atoms. The summed E-state index contributed by atoms with van der Waals surface area (Å²) in [6.07, 6.45) is 19.9. The second-order valence-electron chi connectivity index (χ2n) is 8.40. The topological polar surface area (TPSA) is 61.4 Å². The maximum Gasteiger partial charge on any atom is 0.276 e. The van der Waals surface area contributed by atoms with Gasteiger partial charge in [-0.2, -0.15) is 8.42 Å². The highest BCUT2D eigenvalue weighted by Gasteiger charge is 2.07. The summed E-state index contributed by atoms with van der Waals surface area (Å²) in [6.45, 7) is 4.45. The van der Waals surface area contributed by atoms with Crippen LogP contribution < -0.4 is 9.44 Å². The Hall–Kier alpha value is -0.170. The van der Waals surface area contributed by atoms with Crippen LogP contribution in [0.5, 0.6) is 0 Å². The third-order valence-corrected chi connectivity index (χ3v) is 6.31. The number of rotatable bonds is 22. The van der Waals surface area contributed by atoms with Gasteiger partial charge in [0, 0.05) is 13.1 Å². The Labute approximate surface area is 176 Å². The Morgan fingerprint density at radius 3 is 1.32 bits per heavy atom. The molecule has 2 N–H and O–H groups in total. The quantitative estimate of drug-likeness (QED) is 0.236. The molecule has 170 valence electrons. The van der Waals surface area contributed by atoms with E-state index in [1.807, 2.05) is 0 Å². The van der Waals surface area contributed by atoms with Gasteiger partial charge in [-0.15, -0.1) is 0 Å². The first-order valence-electron chi connectivity index (χ1n) is 11.9. The Morgan fingerprint density at radius 2 is 0.929 bits per heavy atom. The van der Waals surface area contributed by atoms with E-state index in [2.05, 4.69) is 35.4 Å². The first kappa shape index (κ1) is 27.8. The molecule has 0 amide bonds. The lowest BCUT2D eigenvalue weighted by atomic mass is 10.1. The molecule has 6 heteroatoms. The second-order valence-corrected chi connectivity index (χ2v) is 9.98. The molecule has 0 aromatic rings. The highest BCUT2D eigenvalue weighted by Crippen LogP contribution is 2.11. The molecule has 0 fully saturated rings. The van der Waals surface area contributed by atoms with Gasteiger partial charge in [0.1, 0.15) is 0 Å². The summed E-state index contributed by atoms with van der Waals surface area (Å²) >= 11 is 0. The number of hydrogen-bond acceptors (Lipinski definition) is 3. The summed E-state index contributed by atoms with van der Waals surface area (Å²) in [5.74, 6) is 0. The normalized spacial score (nSPS) is 12.1. The SMILES string of the molecule is CCCCCCCCCCCCCCNS(=O)(=O)NCCCCCCN(C)C. The molecule has 0 rings (SSSR count). The van der Waals surface area contributed by atoms with Crippen LogP contribution in [0.3, 0.4) is 0 Å². The molecular weight excluding hydrogens is 370 g/mol. The van der Waals surface area contributed by atoms with Gasteiger partial charge in [-0.25, -0.2) is 9.44 Å². The minimum absolute atomic E-state index is 0.537. The molecule has 0 aliphatic rings. The maximum atomic E-state index is 11.9. The van der Waals surface area contributed by atoms with Crippen molar-refractivity contribution in [2.45, 2.75) is 110 Å². The Morgan fingerprint density at radius 1 is 0.571 bits per heavy atom. The number of unbranched alkanes of at least 4 members (excludes halogenated alkanes) is 14. The summed E-state index contributed by atoms with van der Waals surface area (Å²) in [6, 6.07) is 0. The zero-order valence-corrected chi connectivity index (χ0v) is 19.9. The van der Waals surface area contributed by atoms with E-state index in [0.29, 0.717) is 13.1 Å². The summed E-state index contributed by atoms with van der Waals surface area (Å²) in [5.41, 5.74) is 0. The van der Waals surface area contributed by atoms with Crippen LogP contribution in [0.2, 0.25) is 0 Å². The number of nitrogens with one attached hydrogen (secondary N) is 2. The van der Waals surface area contributed by atoms with Gasteiger partial charge < -0.3 is 4.90 Å². The molecule has 0 heterocycles. The van der Waals surface area contributed by atoms with Crippen LogP contribution in [0.1, 0.15) is 110 Å². The number of nitrogens with zero attached hydrogens (tertiary/aromatic N) is 1. The molecule has 5 nitrogen and oxygen atoms in total. The Bertz CT molecular complexity index is 414. The molecule has 0 atom stereocenters. The zero-order valence-electron chi connectivity index (χ0n) is 19.1. The van der Waals surface area contributed by atoms with Crippen molar-refractivity contribution >= 4 is 10.2 Å². The van der Waals surface area contributed by atoms with Crippen molar-refractivity contribution in [1.82, 2.24) is 14.3 Å². The van der Waals surface area contributed by atoms with Gasteiger partial charge in [0.15, 0.2) is 0 Å². The van der Waals surface area contributed by atoms with Crippen LogP contribution in [0.4, 0.5) is 0 Å². The van der Waals surface area contributed by atoms with Crippen molar-refractivity contribution in [3.05, 3.63) is 0 Å². The van der Waals surface area contributed by atoms with Crippen LogP contribution in [0.15, 0.2) is 0 Å². The predicted octanol–water partition coefficient (Wildman–Crippen LogP) is 5.23. The van der Waals surface area contributed by atoms with E-state index in [4.69, 9.17) is 0 Å². The molecule has 0 saturated carbocycles. The van der Waals surface area contributed by atoms with Crippen molar-refractivity contribution in [3.8, 4) is 0 Å². The Kier molecular flexibility index (Phi) is 20.0. The lowest BCUT2D eigenvalue weighted by Gasteiger charge is -2.10. The third kappa shape index (κ3) is 22.1. The first-order chi connectivity index (χ1) is 13.5. The molecule has 28 heavy (non-hydrogen) atoms. The lowest BCUT2D eigenvalue weighted by Crippen LogP contribution is -2.37. The number of hydrogen-bond donors (Lipinski definition) is 2. The standard InChI is InChI=1S/C22H49N3O2S/c1-4-5-6-7-8-9-10-11-12-13-14-17-20-23-28(26,27)24-21-18-15-16-19-22-25(2)3/h23-24H,4-22H2,1-3H3. The smallest absolute Gasteiger partial charge is 0.276 e. The van der Waals surface area contributed by atoms with Crippen LogP contribution >= 0.6 is 0 Å². The van der Waals surface area contributed by atoms with Crippen molar-refractivity contribution in [3.63, 3.8) is 0 Å². The second kappa shape index (κ2) is 20.1. The lowest BCUT2D eigenvalue weighted by molar-refractivity contribution is 0.390. The van der Waals surface area contributed by atoms with Crippen molar-refractivity contribution in [2.75, 3.05) is 33.7 Å². The zero-order chi connectivity index (χ0) is 20.9. The molecule has 0 radical (unpaired) electrons. The average molecular weight is 420 g/mol. The largest absolute Gasteiger partial charge is 0.309 e. The molecule has 0 aliphatic carbocycles. The maximum absolute atomic E-state index is 11.9. The van der Waals surface area contributed by atoms with Gasteiger partial charge in [0.05, 0.1) is 0 Å².